The summed E-state index contributed by atoms with van der Waals surface area (Å²) < 4.78 is 46.3. The molecule has 0 saturated carbocycles. The molecule has 1 aromatic carbocycles. The summed E-state index contributed by atoms with van der Waals surface area (Å²) in [7, 11) is 0. The van der Waals surface area contributed by atoms with Crippen molar-refractivity contribution in [1.82, 2.24) is 14.6 Å². The fourth-order valence-corrected chi connectivity index (χ4v) is 2.14. The number of fused-ring (bicyclic) bond motifs is 1. The van der Waals surface area contributed by atoms with E-state index in [0.29, 0.717) is 11.4 Å². The fourth-order valence-electron chi connectivity index (χ4n) is 2.14. The molecule has 0 N–H and O–H groups in total. The molecule has 0 radical (unpaired) electrons. The van der Waals surface area contributed by atoms with Crippen molar-refractivity contribution in [3.8, 4) is 11.6 Å². The summed E-state index contributed by atoms with van der Waals surface area (Å²) in [5, 5.41) is 4.37. The van der Waals surface area contributed by atoms with Gasteiger partial charge in [0.05, 0.1) is 5.69 Å². The Kier molecular flexibility index (Phi) is 3.74. The third kappa shape index (κ3) is 3.20. The highest BCUT2D eigenvalue weighted by atomic mass is 19.4. The fraction of sp³-hybridized carbons (Fsp3) is 0.294. The topological polar surface area (TPSA) is 39.4 Å². The van der Waals surface area contributed by atoms with Crippen LogP contribution in [0.4, 0.5) is 13.2 Å². The Bertz CT molecular complexity index is 864. The van der Waals surface area contributed by atoms with Crippen LogP contribution in [0.3, 0.4) is 0 Å². The van der Waals surface area contributed by atoms with Crippen LogP contribution in [-0.2, 0) is 11.6 Å². The standard InChI is InChI=1S/C17H16F3N3O/c1-16(2,3)12-9-14-21-13(17(18,19)20)10-15(23(14)22-12)24-11-7-5-4-6-8-11/h4-10H,1-3H3. The highest BCUT2D eigenvalue weighted by Gasteiger charge is 2.34. The highest BCUT2D eigenvalue weighted by Crippen LogP contribution is 2.33. The number of hydrogen-bond acceptors (Lipinski definition) is 3. The molecule has 0 unspecified atom stereocenters. The Morgan fingerprint density at radius 1 is 0.958 bits per heavy atom. The first-order valence-electron chi connectivity index (χ1n) is 7.36. The van der Waals surface area contributed by atoms with Gasteiger partial charge in [-0.25, -0.2) is 4.98 Å². The Labute approximate surface area is 136 Å². The molecule has 3 aromatic rings. The highest BCUT2D eigenvalue weighted by molar-refractivity contribution is 5.46. The van der Waals surface area contributed by atoms with Crippen molar-refractivity contribution in [1.29, 1.82) is 0 Å². The lowest BCUT2D eigenvalue weighted by Crippen LogP contribution is -2.12. The molecule has 4 nitrogen and oxygen atoms in total. The van der Waals surface area contributed by atoms with Gasteiger partial charge in [0.1, 0.15) is 5.75 Å². The van der Waals surface area contributed by atoms with E-state index < -0.39 is 11.9 Å². The second kappa shape index (κ2) is 5.51. The number of ether oxygens (including phenoxy) is 1. The van der Waals surface area contributed by atoms with E-state index in [1.807, 2.05) is 20.8 Å². The zero-order valence-electron chi connectivity index (χ0n) is 13.4. The molecule has 0 atom stereocenters. The summed E-state index contributed by atoms with van der Waals surface area (Å²) in [6, 6.07) is 11.0. The zero-order valence-corrected chi connectivity index (χ0v) is 13.4. The van der Waals surface area contributed by atoms with Crippen LogP contribution in [0.15, 0.2) is 42.5 Å². The maximum absolute atomic E-state index is 13.1. The molecule has 2 aromatic heterocycles. The van der Waals surface area contributed by atoms with Gasteiger partial charge in [0, 0.05) is 17.5 Å². The molecule has 24 heavy (non-hydrogen) atoms. The number of para-hydroxylation sites is 1. The number of alkyl halides is 3. The van der Waals surface area contributed by atoms with Gasteiger partial charge in [-0.3, -0.25) is 0 Å². The summed E-state index contributed by atoms with van der Waals surface area (Å²) in [6.45, 7) is 5.78. The zero-order chi connectivity index (χ0) is 17.5. The molecule has 3 rings (SSSR count). The van der Waals surface area contributed by atoms with Gasteiger partial charge in [0.2, 0.25) is 5.88 Å². The SMILES string of the molecule is CC(C)(C)c1cc2nc(C(F)(F)F)cc(Oc3ccccc3)n2n1. The van der Waals surface area contributed by atoms with Crippen molar-refractivity contribution in [3.05, 3.63) is 53.9 Å². The lowest BCUT2D eigenvalue weighted by atomic mass is 9.93. The minimum Gasteiger partial charge on any atom is -0.439 e. The van der Waals surface area contributed by atoms with Crippen LogP contribution in [-0.4, -0.2) is 14.6 Å². The first kappa shape index (κ1) is 16.3. The van der Waals surface area contributed by atoms with E-state index in [4.69, 9.17) is 4.74 Å². The first-order chi connectivity index (χ1) is 11.1. The van der Waals surface area contributed by atoms with Gasteiger partial charge >= 0.3 is 6.18 Å². The molecular formula is C17H16F3N3O. The number of aromatic nitrogens is 3. The number of rotatable bonds is 2. The largest absolute Gasteiger partial charge is 0.439 e. The molecule has 0 fully saturated rings. The minimum atomic E-state index is -4.57. The van der Waals surface area contributed by atoms with E-state index in [-0.39, 0.29) is 16.9 Å². The second-order valence-corrected chi connectivity index (χ2v) is 6.44. The number of nitrogens with zero attached hydrogens (tertiary/aromatic N) is 3. The predicted molar refractivity (Wildman–Crippen MR) is 83.2 cm³/mol. The van der Waals surface area contributed by atoms with Crippen molar-refractivity contribution >= 4 is 5.65 Å². The van der Waals surface area contributed by atoms with Crippen molar-refractivity contribution in [2.24, 2.45) is 0 Å². The van der Waals surface area contributed by atoms with E-state index in [2.05, 4.69) is 10.1 Å². The monoisotopic (exact) mass is 335 g/mol. The molecule has 0 bridgehead atoms. The van der Waals surface area contributed by atoms with Crippen molar-refractivity contribution in [3.63, 3.8) is 0 Å². The van der Waals surface area contributed by atoms with Crippen molar-refractivity contribution < 1.29 is 17.9 Å². The van der Waals surface area contributed by atoms with Crippen LogP contribution < -0.4 is 4.74 Å². The number of hydrogen-bond donors (Lipinski definition) is 0. The van der Waals surface area contributed by atoms with Gasteiger partial charge in [-0.1, -0.05) is 39.0 Å². The molecule has 0 aliphatic rings. The van der Waals surface area contributed by atoms with Crippen LogP contribution in [0.5, 0.6) is 11.6 Å². The summed E-state index contributed by atoms with van der Waals surface area (Å²) >= 11 is 0. The van der Waals surface area contributed by atoms with Gasteiger partial charge in [-0.05, 0) is 12.1 Å². The Morgan fingerprint density at radius 3 is 2.21 bits per heavy atom. The van der Waals surface area contributed by atoms with Crippen LogP contribution in [0.25, 0.3) is 5.65 Å². The second-order valence-electron chi connectivity index (χ2n) is 6.44. The molecule has 0 amide bonds. The van der Waals surface area contributed by atoms with Gasteiger partial charge in [0.15, 0.2) is 11.3 Å². The molecule has 2 heterocycles. The number of benzene rings is 1. The molecule has 7 heteroatoms. The van der Waals surface area contributed by atoms with Gasteiger partial charge < -0.3 is 4.74 Å². The van der Waals surface area contributed by atoms with Crippen molar-refractivity contribution in [2.75, 3.05) is 0 Å². The summed E-state index contributed by atoms with van der Waals surface area (Å²) in [5.41, 5.74) is -0.606. The molecule has 126 valence electrons. The molecule has 0 aliphatic carbocycles. The molecule has 0 spiro atoms. The summed E-state index contributed by atoms with van der Waals surface area (Å²) in [6.07, 6.45) is -4.57. The Hall–Kier alpha value is -2.57. The van der Waals surface area contributed by atoms with E-state index in [1.165, 1.54) is 4.52 Å². The smallest absolute Gasteiger partial charge is 0.433 e. The maximum Gasteiger partial charge on any atom is 0.433 e. The predicted octanol–water partition coefficient (Wildman–Crippen LogP) is 4.84. The minimum absolute atomic E-state index is 0.0333. The Balaban J connectivity index is 2.18. The Morgan fingerprint density at radius 2 is 1.62 bits per heavy atom. The average molecular weight is 335 g/mol. The van der Waals surface area contributed by atoms with E-state index in [1.54, 1.807) is 36.4 Å². The first-order valence-corrected chi connectivity index (χ1v) is 7.36. The van der Waals surface area contributed by atoms with Gasteiger partial charge in [-0.15, -0.1) is 0 Å². The lowest BCUT2D eigenvalue weighted by Gasteiger charge is -2.14. The number of halogens is 3. The summed E-state index contributed by atoms with van der Waals surface area (Å²) in [4.78, 5) is 3.68. The third-order valence-electron chi connectivity index (χ3n) is 3.42. The lowest BCUT2D eigenvalue weighted by molar-refractivity contribution is -0.141. The van der Waals surface area contributed by atoms with Gasteiger partial charge in [0.25, 0.3) is 0 Å². The summed E-state index contributed by atoms with van der Waals surface area (Å²) in [5.74, 6) is 0.389. The molecule has 0 aliphatic heterocycles. The van der Waals surface area contributed by atoms with E-state index >= 15 is 0 Å². The third-order valence-corrected chi connectivity index (χ3v) is 3.42. The quantitative estimate of drug-likeness (QED) is 0.673. The van der Waals surface area contributed by atoms with Crippen LogP contribution in [0, 0.1) is 0 Å². The van der Waals surface area contributed by atoms with Crippen LogP contribution in [0.2, 0.25) is 0 Å². The van der Waals surface area contributed by atoms with E-state index in [9.17, 15) is 13.2 Å². The normalized spacial score (nSPS) is 12.6. The molecular weight excluding hydrogens is 319 g/mol. The van der Waals surface area contributed by atoms with Gasteiger partial charge in [-0.2, -0.15) is 22.8 Å². The van der Waals surface area contributed by atoms with E-state index in [0.717, 1.165) is 6.07 Å². The maximum atomic E-state index is 13.1. The van der Waals surface area contributed by atoms with Crippen molar-refractivity contribution in [2.45, 2.75) is 32.4 Å². The van der Waals surface area contributed by atoms with Crippen LogP contribution in [0.1, 0.15) is 32.2 Å². The van der Waals surface area contributed by atoms with Crippen LogP contribution >= 0.6 is 0 Å². The molecule has 0 saturated heterocycles. The average Bonchev–Trinajstić information content (AvgIpc) is 2.92.